The van der Waals surface area contributed by atoms with Crippen molar-refractivity contribution in [2.75, 3.05) is 5.32 Å². The maximum absolute atomic E-state index is 13.9. The van der Waals surface area contributed by atoms with Crippen LogP contribution in [0.3, 0.4) is 0 Å². The van der Waals surface area contributed by atoms with E-state index in [-0.39, 0.29) is 16.7 Å². The average Bonchev–Trinajstić information content (AvgIpc) is 3.51. The van der Waals surface area contributed by atoms with Crippen LogP contribution in [0.1, 0.15) is 30.0 Å². The van der Waals surface area contributed by atoms with Gasteiger partial charge in [0.2, 0.25) is 0 Å². The van der Waals surface area contributed by atoms with E-state index in [4.69, 9.17) is 4.42 Å². The van der Waals surface area contributed by atoms with Gasteiger partial charge in [0.15, 0.2) is 15.1 Å². The summed E-state index contributed by atoms with van der Waals surface area (Å²) < 4.78 is 21.5. The molecule has 4 heterocycles. The lowest BCUT2D eigenvalue weighted by Gasteiger charge is -2.25. The Bertz CT molecular complexity index is 2090. The molecule has 5 aromatic rings. The van der Waals surface area contributed by atoms with Gasteiger partial charge in [-0.05, 0) is 67.6 Å². The lowest BCUT2D eigenvalue weighted by atomic mass is 9.95. The Balaban J connectivity index is 1.40. The van der Waals surface area contributed by atoms with Gasteiger partial charge in [-0.2, -0.15) is 0 Å². The first-order valence-electron chi connectivity index (χ1n) is 12.8. The van der Waals surface area contributed by atoms with Gasteiger partial charge < -0.3 is 14.7 Å². The van der Waals surface area contributed by atoms with Gasteiger partial charge in [-0.25, -0.2) is 14.4 Å². The van der Waals surface area contributed by atoms with Crippen LogP contribution < -0.4 is 25.8 Å². The number of aryl methyl sites for hydroxylation is 1. The summed E-state index contributed by atoms with van der Waals surface area (Å²) in [5.74, 6) is -0.436. The van der Waals surface area contributed by atoms with Gasteiger partial charge >= 0.3 is 0 Å². The number of rotatable bonds is 6. The normalized spacial score (nSPS) is 14.9. The summed E-state index contributed by atoms with van der Waals surface area (Å²) >= 11 is 2.31. The fraction of sp³-hybridized carbons (Fsp3) is 0.100. The second kappa shape index (κ2) is 11.2. The highest BCUT2D eigenvalue weighted by molar-refractivity contribution is 7.99. The van der Waals surface area contributed by atoms with E-state index >= 15 is 0 Å². The molecule has 42 heavy (non-hydrogen) atoms. The number of aromatic amines is 1. The van der Waals surface area contributed by atoms with Gasteiger partial charge in [-0.3, -0.25) is 19.0 Å². The molecule has 1 atom stereocenters. The van der Waals surface area contributed by atoms with Crippen molar-refractivity contribution in [2.45, 2.75) is 30.1 Å². The van der Waals surface area contributed by atoms with Crippen LogP contribution in [0.25, 0.3) is 6.08 Å². The fourth-order valence-corrected chi connectivity index (χ4v) is 6.42. The number of nitrogens with zero attached hydrogens (tertiary/aromatic N) is 3. The standard InChI is InChI=1S/C30H22FN5O4S2/c1-16-14-23(37)35-29(32-16)42-24-13-12-21(40-24)15-22-28(39)36-26(18-8-10-19(31)11-9-18)25(17(2)33-30(36)41-22)27(38)34-20-6-4-3-5-7-20/h3-15,26H,1-2H3,(H,34,38)(H,32,35,37)/b22-15+/t26-/m0/s1. The van der Waals surface area contributed by atoms with E-state index < -0.39 is 17.8 Å². The number of amides is 1. The van der Waals surface area contributed by atoms with E-state index in [1.165, 1.54) is 22.8 Å². The van der Waals surface area contributed by atoms with Crippen molar-refractivity contribution in [1.82, 2.24) is 14.5 Å². The van der Waals surface area contributed by atoms with Crippen LogP contribution >= 0.6 is 23.1 Å². The fourth-order valence-electron chi connectivity index (χ4n) is 4.58. The second-order valence-corrected chi connectivity index (χ2v) is 11.4. The molecule has 3 aromatic heterocycles. The number of hydrogen-bond acceptors (Lipinski definition) is 8. The van der Waals surface area contributed by atoms with E-state index in [2.05, 4.69) is 20.3 Å². The van der Waals surface area contributed by atoms with Gasteiger partial charge in [0.25, 0.3) is 17.0 Å². The number of halogens is 1. The summed E-state index contributed by atoms with van der Waals surface area (Å²) in [6.07, 6.45) is 1.60. The largest absolute Gasteiger partial charge is 0.450 e. The summed E-state index contributed by atoms with van der Waals surface area (Å²) in [5.41, 5.74) is 1.82. The zero-order valence-electron chi connectivity index (χ0n) is 22.3. The topological polar surface area (TPSA) is 122 Å². The molecule has 0 bridgehead atoms. The lowest BCUT2D eigenvalue weighted by Crippen LogP contribution is -2.40. The highest BCUT2D eigenvalue weighted by Crippen LogP contribution is 2.31. The van der Waals surface area contributed by atoms with Crippen molar-refractivity contribution in [3.8, 4) is 0 Å². The Labute approximate surface area is 245 Å². The van der Waals surface area contributed by atoms with Crippen LogP contribution in [0, 0.1) is 12.7 Å². The number of thiazole rings is 1. The molecule has 0 unspecified atom stereocenters. The third kappa shape index (κ3) is 5.54. The van der Waals surface area contributed by atoms with E-state index in [1.54, 1.807) is 68.5 Å². The van der Waals surface area contributed by atoms with Crippen molar-refractivity contribution in [3.63, 3.8) is 0 Å². The van der Waals surface area contributed by atoms with Crippen molar-refractivity contribution in [1.29, 1.82) is 0 Å². The number of fused-ring (bicyclic) bond motifs is 1. The maximum atomic E-state index is 13.9. The number of allylic oxidation sites excluding steroid dienone is 1. The Morgan fingerprint density at radius 3 is 2.60 bits per heavy atom. The number of benzene rings is 2. The molecule has 0 saturated heterocycles. The van der Waals surface area contributed by atoms with Crippen molar-refractivity contribution in [3.05, 3.63) is 137 Å². The Morgan fingerprint density at radius 1 is 1.10 bits per heavy atom. The van der Waals surface area contributed by atoms with Crippen LogP contribution in [0.4, 0.5) is 10.1 Å². The molecule has 0 fully saturated rings. The molecular weight excluding hydrogens is 577 g/mol. The number of carbonyl (C=O) groups is 1. The molecule has 0 aliphatic carbocycles. The van der Waals surface area contributed by atoms with Crippen LogP contribution in [-0.4, -0.2) is 20.4 Å². The molecule has 2 N–H and O–H groups in total. The number of nitrogens with one attached hydrogen (secondary N) is 2. The second-order valence-electron chi connectivity index (χ2n) is 9.40. The summed E-state index contributed by atoms with van der Waals surface area (Å²) in [7, 11) is 0. The molecule has 210 valence electrons. The predicted octanol–water partition coefficient (Wildman–Crippen LogP) is 4.15. The van der Waals surface area contributed by atoms with Crippen molar-refractivity contribution >= 4 is 40.8 Å². The molecule has 1 aliphatic rings. The number of para-hydroxylation sites is 1. The lowest BCUT2D eigenvalue weighted by molar-refractivity contribution is -0.113. The van der Waals surface area contributed by atoms with E-state index in [9.17, 15) is 18.8 Å². The van der Waals surface area contributed by atoms with Crippen LogP contribution in [0.5, 0.6) is 0 Å². The molecule has 1 aliphatic heterocycles. The molecule has 1 amide bonds. The quantitative estimate of drug-likeness (QED) is 0.283. The van der Waals surface area contributed by atoms with E-state index in [0.29, 0.717) is 48.0 Å². The summed E-state index contributed by atoms with van der Waals surface area (Å²) in [6.45, 7) is 3.44. The van der Waals surface area contributed by atoms with Crippen LogP contribution in [-0.2, 0) is 4.79 Å². The molecule has 12 heteroatoms. The number of aromatic nitrogens is 3. The Morgan fingerprint density at radius 2 is 1.86 bits per heavy atom. The smallest absolute Gasteiger partial charge is 0.271 e. The number of H-pyrrole nitrogens is 1. The minimum Gasteiger partial charge on any atom is -0.450 e. The predicted molar refractivity (Wildman–Crippen MR) is 158 cm³/mol. The molecule has 0 radical (unpaired) electrons. The summed E-state index contributed by atoms with van der Waals surface area (Å²) in [6, 6.07) is 18.7. The van der Waals surface area contributed by atoms with Gasteiger partial charge in [0.1, 0.15) is 11.6 Å². The zero-order valence-corrected chi connectivity index (χ0v) is 23.9. The number of carbonyl (C=O) groups excluding carboxylic acids is 1. The summed E-state index contributed by atoms with van der Waals surface area (Å²) in [5, 5.41) is 3.74. The molecule has 6 rings (SSSR count). The van der Waals surface area contributed by atoms with Gasteiger partial charge in [-0.15, -0.1) is 0 Å². The van der Waals surface area contributed by atoms with E-state index in [1.807, 2.05) is 6.07 Å². The van der Waals surface area contributed by atoms with Gasteiger partial charge in [-0.1, -0.05) is 41.7 Å². The summed E-state index contributed by atoms with van der Waals surface area (Å²) in [4.78, 5) is 51.1. The van der Waals surface area contributed by atoms with Gasteiger partial charge in [0, 0.05) is 23.5 Å². The first-order chi connectivity index (χ1) is 20.2. The SMILES string of the molecule is CC1=C(C(=O)Nc2ccccc2)[C@H](c2ccc(F)cc2)n2c(s/c(=C/c3ccc(Sc4nc(C)cc(=O)[nH]4)o3)c2=O)=N1. The van der Waals surface area contributed by atoms with Crippen molar-refractivity contribution < 1.29 is 13.6 Å². The highest BCUT2D eigenvalue weighted by Gasteiger charge is 2.32. The third-order valence-electron chi connectivity index (χ3n) is 6.40. The highest BCUT2D eigenvalue weighted by atomic mass is 32.2. The Kier molecular flexibility index (Phi) is 7.31. The monoisotopic (exact) mass is 599 g/mol. The minimum atomic E-state index is -0.834. The zero-order chi connectivity index (χ0) is 29.4. The van der Waals surface area contributed by atoms with Crippen LogP contribution in [0.2, 0.25) is 0 Å². The first kappa shape index (κ1) is 27.4. The molecule has 9 nitrogen and oxygen atoms in total. The Hall–Kier alpha value is -4.81. The van der Waals surface area contributed by atoms with Crippen LogP contribution in [0.15, 0.2) is 113 Å². The average molecular weight is 600 g/mol. The molecule has 0 saturated carbocycles. The van der Waals surface area contributed by atoms with Gasteiger partial charge in [0.05, 0.1) is 21.8 Å². The number of anilines is 1. The minimum absolute atomic E-state index is 0.263. The molecule has 2 aromatic carbocycles. The molecular formula is C30H22FN5O4S2. The molecule has 0 spiro atoms. The maximum Gasteiger partial charge on any atom is 0.271 e. The number of furan rings is 1. The number of hydrogen-bond donors (Lipinski definition) is 2. The van der Waals surface area contributed by atoms with E-state index in [0.717, 1.165) is 23.1 Å². The van der Waals surface area contributed by atoms with Crippen molar-refractivity contribution in [2.24, 2.45) is 4.99 Å². The third-order valence-corrected chi connectivity index (χ3v) is 8.19. The first-order valence-corrected chi connectivity index (χ1v) is 14.4.